The first-order valence-electron chi connectivity index (χ1n) is 12.8. The Labute approximate surface area is 228 Å². The molecule has 0 N–H and O–H groups in total. The zero-order chi connectivity index (χ0) is 25.2. The molecule has 0 amide bonds. The predicted molar refractivity (Wildman–Crippen MR) is 165 cm³/mol. The van der Waals surface area contributed by atoms with Crippen molar-refractivity contribution in [2.45, 2.75) is 0 Å². The largest absolute Gasteiger partial charge is 0.455 e. The standard InChI is InChI=1S/C36H21BrO/c37-35-30-11-5-3-9-28(30)34(29-10-4-6-12-31(29)35)24-15-13-22(14-16-24)25-18-19-27-32-20-17-23-7-1-2-8-26(23)36(32)38-33(27)21-25/h1-21H. The maximum absolute atomic E-state index is 6.42. The van der Waals surface area contributed by atoms with E-state index in [9.17, 15) is 0 Å². The van der Waals surface area contributed by atoms with Gasteiger partial charge in [-0.05, 0) is 83.3 Å². The summed E-state index contributed by atoms with van der Waals surface area (Å²) in [5.41, 5.74) is 6.68. The van der Waals surface area contributed by atoms with Gasteiger partial charge in [0.2, 0.25) is 0 Å². The summed E-state index contributed by atoms with van der Waals surface area (Å²) < 4.78 is 7.57. The number of hydrogen-bond acceptors (Lipinski definition) is 1. The third-order valence-corrected chi connectivity index (χ3v) is 8.59. The first kappa shape index (κ1) is 21.7. The minimum Gasteiger partial charge on any atom is -0.455 e. The van der Waals surface area contributed by atoms with E-state index in [0.29, 0.717) is 0 Å². The van der Waals surface area contributed by atoms with Crippen molar-refractivity contribution in [1.29, 1.82) is 0 Å². The van der Waals surface area contributed by atoms with E-state index in [0.717, 1.165) is 37.4 Å². The fraction of sp³-hybridized carbons (Fsp3) is 0. The van der Waals surface area contributed by atoms with E-state index in [1.807, 2.05) is 0 Å². The lowest BCUT2D eigenvalue weighted by Gasteiger charge is -2.14. The highest BCUT2D eigenvalue weighted by Crippen LogP contribution is 2.42. The highest BCUT2D eigenvalue weighted by atomic mass is 79.9. The van der Waals surface area contributed by atoms with E-state index in [1.165, 1.54) is 43.6 Å². The third-order valence-electron chi connectivity index (χ3n) is 7.74. The summed E-state index contributed by atoms with van der Waals surface area (Å²) >= 11 is 3.87. The second-order valence-corrected chi connectivity index (χ2v) is 10.6. The molecule has 1 nitrogen and oxygen atoms in total. The van der Waals surface area contributed by atoms with Gasteiger partial charge in [0, 0.05) is 20.6 Å². The molecular weight excluding hydrogens is 528 g/mol. The quantitative estimate of drug-likeness (QED) is 0.196. The SMILES string of the molecule is Brc1c2ccccc2c(-c2ccc(-c3ccc4c(c3)oc3c5ccccc5ccc43)cc2)c2ccccc12. The Bertz CT molecular complexity index is 2130. The van der Waals surface area contributed by atoms with Crippen LogP contribution in [0, 0.1) is 0 Å². The van der Waals surface area contributed by atoms with Crippen molar-refractivity contribution in [3.05, 3.63) is 132 Å². The molecule has 0 saturated carbocycles. The van der Waals surface area contributed by atoms with Crippen LogP contribution in [-0.4, -0.2) is 0 Å². The van der Waals surface area contributed by atoms with Crippen LogP contribution in [0.2, 0.25) is 0 Å². The minimum absolute atomic E-state index is 0.919. The molecule has 1 aromatic heterocycles. The predicted octanol–water partition coefficient (Wildman–Crippen LogP) is 11.1. The third kappa shape index (κ3) is 3.17. The van der Waals surface area contributed by atoms with Crippen molar-refractivity contribution in [2.75, 3.05) is 0 Å². The molecule has 0 aliphatic carbocycles. The Morgan fingerprint density at radius 1 is 0.421 bits per heavy atom. The van der Waals surface area contributed by atoms with E-state index < -0.39 is 0 Å². The monoisotopic (exact) mass is 548 g/mol. The molecule has 8 aromatic rings. The summed E-state index contributed by atoms with van der Waals surface area (Å²) in [6, 6.07) is 45.5. The summed E-state index contributed by atoms with van der Waals surface area (Å²) in [6.45, 7) is 0. The van der Waals surface area contributed by atoms with Crippen LogP contribution in [0.15, 0.2) is 136 Å². The second kappa shape index (κ2) is 8.31. The van der Waals surface area contributed by atoms with Crippen LogP contribution in [0.1, 0.15) is 0 Å². The molecule has 178 valence electrons. The fourth-order valence-electron chi connectivity index (χ4n) is 5.90. The van der Waals surface area contributed by atoms with Gasteiger partial charge in [-0.25, -0.2) is 0 Å². The van der Waals surface area contributed by atoms with Crippen LogP contribution >= 0.6 is 15.9 Å². The van der Waals surface area contributed by atoms with Gasteiger partial charge in [0.05, 0.1) is 0 Å². The van der Waals surface area contributed by atoms with Crippen LogP contribution in [0.25, 0.3) is 76.5 Å². The molecule has 38 heavy (non-hydrogen) atoms. The van der Waals surface area contributed by atoms with Gasteiger partial charge in [-0.1, -0.05) is 109 Å². The number of benzene rings is 7. The van der Waals surface area contributed by atoms with Crippen LogP contribution < -0.4 is 0 Å². The molecule has 0 atom stereocenters. The lowest BCUT2D eigenvalue weighted by atomic mass is 9.91. The van der Waals surface area contributed by atoms with Crippen LogP contribution in [-0.2, 0) is 0 Å². The van der Waals surface area contributed by atoms with Crippen molar-refractivity contribution in [1.82, 2.24) is 0 Å². The van der Waals surface area contributed by atoms with Gasteiger partial charge < -0.3 is 4.42 Å². The van der Waals surface area contributed by atoms with Gasteiger partial charge in [0.1, 0.15) is 11.2 Å². The summed E-state index contributed by atoms with van der Waals surface area (Å²) in [4.78, 5) is 0. The molecule has 0 spiro atoms. The van der Waals surface area contributed by atoms with Crippen molar-refractivity contribution < 1.29 is 4.42 Å². The second-order valence-electron chi connectivity index (χ2n) is 9.83. The molecule has 0 saturated heterocycles. The average molecular weight is 549 g/mol. The first-order chi connectivity index (χ1) is 18.8. The van der Waals surface area contributed by atoms with E-state index >= 15 is 0 Å². The van der Waals surface area contributed by atoms with Crippen molar-refractivity contribution >= 4 is 70.2 Å². The normalized spacial score (nSPS) is 11.8. The number of fused-ring (bicyclic) bond motifs is 7. The van der Waals surface area contributed by atoms with Gasteiger partial charge in [0.25, 0.3) is 0 Å². The number of rotatable bonds is 2. The molecule has 0 fully saturated rings. The zero-order valence-corrected chi connectivity index (χ0v) is 22.0. The lowest BCUT2D eigenvalue weighted by molar-refractivity contribution is 0.673. The maximum atomic E-state index is 6.42. The van der Waals surface area contributed by atoms with Gasteiger partial charge in [0.15, 0.2) is 0 Å². The van der Waals surface area contributed by atoms with Crippen LogP contribution in [0.3, 0.4) is 0 Å². The van der Waals surface area contributed by atoms with Gasteiger partial charge in [-0.3, -0.25) is 0 Å². The number of halogens is 1. The van der Waals surface area contributed by atoms with Gasteiger partial charge >= 0.3 is 0 Å². The molecule has 0 radical (unpaired) electrons. The first-order valence-corrected chi connectivity index (χ1v) is 13.6. The van der Waals surface area contributed by atoms with E-state index in [4.69, 9.17) is 4.42 Å². The van der Waals surface area contributed by atoms with Crippen molar-refractivity contribution in [2.24, 2.45) is 0 Å². The van der Waals surface area contributed by atoms with Crippen molar-refractivity contribution in [3.63, 3.8) is 0 Å². The van der Waals surface area contributed by atoms with E-state index in [1.54, 1.807) is 0 Å². The Morgan fingerprint density at radius 2 is 0.974 bits per heavy atom. The summed E-state index contributed by atoms with van der Waals surface area (Å²) in [7, 11) is 0. The zero-order valence-electron chi connectivity index (χ0n) is 20.4. The molecule has 7 aromatic carbocycles. The molecule has 0 unspecified atom stereocenters. The van der Waals surface area contributed by atoms with Gasteiger partial charge in [-0.15, -0.1) is 0 Å². The number of hydrogen-bond donors (Lipinski definition) is 0. The van der Waals surface area contributed by atoms with E-state index in [-0.39, 0.29) is 0 Å². The molecular formula is C36H21BrO. The highest BCUT2D eigenvalue weighted by molar-refractivity contribution is 9.10. The summed E-state index contributed by atoms with van der Waals surface area (Å²) in [5, 5.41) is 9.63. The average Bonchev–Trinajstić information content (AvgIpc) is 3.36. The lowest BCUT2D eigenvalue weighted by Crippen LogP contribution is -1.88. The van der Waals surface area contributed by atoms with Crippen LogP contribution in [0.4, 0.5) is 0 Å². The Morgan fingerprint density at radius 3 is 1.68 bits per heavy atom. The minimum atomic E-state index is 0.919. The molecule has 0 aliphatic heterocycles. The number of furan rings is 1. The fourth-order valence-corrected chi connectivity index (χ4v) is 6.59. The molecule has 0 bridgehead atoms. The summed E-state index contributed by atoms with van der Waals surface area (Å²) in [6.07, 6.45) is 0. The van der Waals surface area contributed by atoms with Crippen LogP contribution in [0.5, 0.6) is 0 Å². The Balaban J connectivity index is 1.27. The molecule has 2 heteroatoms. The van der Waals surface area contributed by atoms with Crippen molar-refractivity contribution in [3.8, 4) is 22.3 Å². The Kier molecular flexibility index (Phi) is 4.74. The molecule has 0 aliphatic rings. The van der Waals surface area contributed by atoms with E-state index in [2.05, 4.69) is 143 Å². The highest BCUT2D eigenvalue weighted by Gasteiger charge is 2.15. The van der Waals surface area contributed by atoms with Gasteiger partial charge in [-0.2, -0.15) is 0 Å². The smallest absolute Gasteiger partial charge is 0.143 e. The summed E-state index contributed by atoms with van der Waals surface area (Å²) in [5.74, 6) is 0. The Hall–Kier alpha value is -4.40. The maximum Gasteiger partial charge on any atom is 0.143 e. The molecule has 1 heterocycles. The molecule has 8 rings (SSSR count). The topological polar surface area (TPSA) is 13.1 Å².